The van der Waals surface area contributed by atoms with Crippen molar-refractivity contribution in [3.05, 3.63) is 23.8 Å². The van der Waals surface area contributed by atoms with E-state index in [1.54, 1.807) is 0 Å². The predicted octanol–water partition coefficient (Wildman–Crippen LogP) is 1.59. The second kappa shape index (κ2) is 5.32. The minimum atomic E-state index is -0.0774. The van der Waals surface area contributed by atoms with Crippen LogP contribution in [0.1, 0.15) is 31.9 Å². The number of hydrogen-bond donors (Lipinski definition) is 2. The second-order valence-corrected chi connectivity index (χ2v) is 5.54. The number of nitrogens with one attached hydrogen (secondary N) is 2. The Balaban J connectivity index is 1.67. The van der Waals surface area contributed by atoms with Gasteiger partial charge in [0.1, 0.15) is 0 Å². The van der Waals surface area contributed by atoms with Gasteiger partial charge < -0.3 is 20.1 Å². The molecule has 0 radical (unpaired) electrons. The molecule has 3 atom stereocenters. The summed E-state index contributed by atoms with van der Waals surface area (Å²) in [4.78, 5) is 12.2. The van der Waals surface area contributed by atoms with Crippen molar-refractivity contribution in [3.63, 3.8) is 0 Å². The van der Waals surface area contributed by atoms with Crippen LogP contribution in [-0.2, 0) is 4.79 Å². The monoisotopic (exact) mass is 276 g/mol. The van der Waals surface area contributed by atoms with Gasteiger partial charge in [-0.1, -0.05) is 13.0 Å². The van der Waals surface area contributed by atoms with Crippen LogP contribution in [0.15, 0.2) is 18.2 Å². The van der Waals surface area contributed by atoms with Gasteiger partial charge in [0.05, 0.1) is 12.1 Å². The molecule has 1 aromatic rings. The third-order valence-corrected chi connectivity index (χ3v) is 4.07. The highest BCUT2D eigenvalue weighted by Gasteiger charge is 2.30. The summed E-state index contributed by atoms with van der Waals surface area (Å²) in [7, 11) is 0. The fraction of sp³-hybridized carbons (Fsp3) is 0.533. The van der Waals surface area contributed by atoms with Crippen LogP contribution < -0.4 is 20.1 Å². The first kappa shape index (κ1) is 13.2. The lowest BCUT2D eigenvalue weighted by atomic mass is 10.0. The van der Waals surface area contributed by atoms with Gasteiger partial charge >= 0.3 is 0 Å². The van der Waals surface area contributed by atoms with Crippen LogP contribution in [0.25, 0.3) is 0 Å². The van der Waals surface area contributed by atoms with Crippen molar-refractivity contribution in [3.8, 4) is 11.5 Å². The van der Waals surface area contributed by atoms with Crippen LogP contribution in [0.4, 0.5) is 0 Å². The first-order chi connectivity index (χ1) is 9.65. The van der Waals surface area contributed by atoms with Gasteiger partial charge in [0, 0.05) is 0 Å². The number of amides is 1. The molecule has 1 amide bonds. The minimum absolute atomic E-state index is 0.0494. The molecular formula is C15H20N2O3. The van der Waals surface area contributed by atoms with Crippen LogP contribution >= 0.6 is 0 Å². The van der Waals surface area contributed by atoms with Crippen LogP contribution in [0, 0.1) is 5.92 Å². The van der Waals surface area contributed by atoms with E-state index in [1.807, 2.05) is 25.1 Å². The molecule has 1 saturated heterocycles. The maximum absolute atomic E-state index is 12.2. The van der Waals surface area contributed by atoms with E-state index in [4.69, 9.17) is 9.47 Å². The summed E-state index contributed by atoms with van der Waals surface area (Å²) in [5.41, 5.74) is 1.02. The standard InChI is InChI=1S/C15H20N2O3/c1-9-5-6-16-14(9)15(18)17-10(2)11-3-4-12-13(7-11)20-8-19-12/h3-4,7,9-10,14,16H,5-6,8H2,1-2H3,(H,17,18). The summed E-state index contributed by atoms with van der Waals surface area (Å²) < 4.78 is 10.7. The van der Waals surface area contributed by atoms with E-state index in [0.717, 1.165) is 30.0 Å². The molecule has 2 N–H and O–H groups in total. The van der Waals surface area contributed by atoms with E-state index in [1.165, 1.54) is 0 Å². The highest BCUT2D eigenvalue weighted by molar-refractivity contribution is 5.82. The average molecular weight is 276 g/mol. The highest BCUT2D eigenvalue weighted by Crippen LogP contribution is 2.34. The minimum Gasteiger partial charge on any atom is -0.454 e. The summed E-state index contributed by atoms with van der Waals surface area (Å²) in [5.74, 6) is 1.97. The van der Waals surface area contributed by atoms with Crippen molar-refractivity contribution in [2.75, 3.05) is 13.3 Å². The van der Waals surface area contributed by atoms with Gasteiger partial charge in [-0.3, -0.25) is 4.79 Å². The lowest BCUT2D eigenvalue weighted by molar-refractivity contribution is -0.124. The summed E-state index contributed by atoms with van der Waals surface area (Å²) in [6.07, 6.45) is 1.05. The van der Waals surface area contributed by atoms with Gasteiger partial charge in [-0.2, -0.15) is 0 Å². The molecule has 1 fully saturated rings. The largest absolute Gasteiger partial charge is 0.454 e. The number of benzene rings is 1. The average Bonchev–Trinajstić information content (AvgIpc) is 3.05. The Morgan fingerprint density at radius 3 is 2.95 bits per heavy atom. The number of fused-ring (bicyclic) bond motifs is 1. The van der Waals surface area contributed by atoms with Crippen LogP contribution in [0.5, 0.6) is 11.5 Å². The molecule has 0 bridgehead atoms. The molecule has 0 saturated carbocycles. The third-order valence-electron chi connectivity index (χ3n) is 4.07. The Morgan fingerprint density at radius 1 is 1.40 bits per heavy atom. The van der Waals surface area contributed by atoms with Crippen molar-refractivity contribution >= 4 is 5.91 Å². The smallest absolute Gasteiger partial charge is 0.237 e. The Hall–Kier alpha value is -1.75. The maximum atomic E-state index is 12.2. The zero-order valence-corrected chi connectivity index (χ0v) is 11.8. The summed E-state index contributed by atoms with van der Waals surface area (Å²) in [6, 6.07) is 5.65. The fourth-order valence-corrected chi connectivity index (χ4v) is 2.75. The Morgan fingerprint density at radius 2 is 2.20 bits per heavy atom. The van der Waals surface area contributed by atoms with E-state index in [9.17, 15) is 4.79 Å². The van der Waals surface area contributed by atoms with Crippen LogP contribution in [-0.4, -0.2) is 25.3 Å². The number of rotatable bonds is 3. The van der Waals surface area contributed by atoms with E-state index in [-0.39, 0.29) is 24.8 Å². The fourth-order valence-electron chi connectivity index (χ4n) is 2.75. The van der Waals surface area contributed by atoms with Gasteiger partial charge in [0.2, 0.25) is 12.7 Å². The summed E-state index contributed by atoms with van der Waals surface area (Å²) in [6.45, 7) is 5.27. The molecule has 5 nitrogen and oxygen atoms in total. The molecular weight excluding hydrogens is 256 g/mol. The van der Waals surface area contributed by atoms with Gasteiger partial charge in [-0.25, -0.2) is 0 Å². The predicted molar refractivity (Wildman–Crippen MR) is 74.7 cm³/mol. The number of carbonyl (C=O) groups is 1. The van der Waals surface area contributed by atoms with Crippen molar-refractivity contribution in [1.82, 2.24) is 10.6 Å². The topological polar surface area (TPSA) is 59.6 Å². The lowest BCUT2D eigenvalue weighted by Gasteiger charge is -2.20. The highest BCUT2D eigenvalue weighted by atomic mass is 16.7. The molecule has 108 valence electrons. The van der Waals surface area contributed by atoms with E-state index >= 15 is 0 Å². The van der Waals surface area contributed by atoms with Gasteiger partial charge in [0.25, 0.3) is 0 Å². The normalized spacial score (nSPS) is 25.5. The van der Waals surface area contributed by atoms with Crippen LogP contribution in [0.3, 0.4) is 0 Å². The SMILES string of the molecule is CC(NC(=O)C1NCCC1C)c1ccc2c(c1)OCO2. The number of ether oxygens (including phenoxy) is 2. The van der Waals surface area contributed by atoms with Crippen molar-refractivity contribution < 1.29 is 14.3 Å². The first-order valence-corrected chi connectivity index (χ1v) is 7.08. The summed E-state index contributed by atoms with van der Waals surface area (Å²) in [5, 5.41) is 6.31. The molecule has 0 aromatic heterocycles. The molecule has 3 unspecified atom stereocenters. The molecule has 0 aliphatic carbocycles. The number of carbonyl (C=O) groups excluding carboxylic acids is 1. The van der Waals surface area contributed by atoms with E-state index in [2.05, 4.69) is 17.6 Å². The van der Waals surface area contributed by atoms with Gasteiger partial charge in [-0.15, -0.1) is 0 Å². The molecule has 20 heavy (non-hydrogen) atoms. The van der Waals surface area contributed by atoms with Gasteiger partial charge in [0.15, 0.2) is 11.5 Å². The molecule has 2 aliphatic rings. The zero-order valence-electron chi connectivity index (χ0n) is 11.8. The first-order valence-electron chi connectivity index (χ1n) is 7.08. The second-order valence-electron chi connectivity index (χ2n) is 5.54. The lowest BCUT2D eigenvalue weighted by Crippen LogP contribution is -2.44. The maximum Gasteiger partial charge on any atom is 0.237 e. The Kier molecular flexibility index (Phi) is 3.53. The van der Waals surface area contributed by atoms with Gasteiger partial charge in [-0.05, 0) is 43.5 Å². The third kappa shape index (κ3) is 2.45. The molecule has 2 aliphatic heterocycles. The molecule has 1 aromatic carbocycles. The zero-order chi connectivity index (χ0) is 14.1. The van der Waals surface area contributed by atoms with Crippen LogP contribution in [0.2, 0.25) is 0 Å². The molecule has 5 heteroatoms. The Bertz CT molecular complexity index is 518. The molecule has 3 rings (SSSR count). The summed E-state index contributed by atoms with van der Waals surface area (Å²) >= 11 is 0. The van der Waals surface area contributed by atoms with Crippen molar-refractivity contribution in [2.24, 2.45) is 5.92 Å². The Labute approximate surface area is 118 Å². The quantitative estimate of drug-likeness (QED) is 0.880. The van der Waals surface area contributed by atoms with E-state index < -0.39 is 0 Å². The molecule has 0 spiro atoms. The number of hydrogen-bond acceptors (Lipinski definition) is 4. The molecule has 2 heterocycles. The van der Waals surface area contributed by atoms with E-state index in [0.29, 0.717) is 5.92 Å². The van der Waals surface area contributed by atoms with Crippen molar-refractivity contribution in [1.29, 1.82) is 0 Å². The van der Waals surface area contributed by atoms with Crippen molar-refractivity contribution in [2.45, 2.75) is 32.4 Å².